The number of ether oxygens (including phenoxy) is 3. The lowest BCUT2D eigenvalue weighted by Crippen LogP contribution is -2.74. The van der Waals surface area contributed by atoms with E-state index in [1.807, 2.05) is 89.5 Å². The molecule has 0 amide bonds. The lowest BCUT2D eigenvalue weighted by Gasteiger charge is -2.42. The van der Waals surface area contributed by atoms with Crippen LogP contribution in [0, 0.1) is 13.7 Å². The van der Waals surface area contributed by atoms with Gasteiger partial charge in [0.15, 0.2) is 8.07 Å². The SMILES string of the molecule is CC(C)(C)c1ccc([Si](c2ccccc2)(c2ccccc2)c2ccc(C(C)(C)C)c(-c3cccc4c3OC(C)(C)c3ccccc3N(c3ccccc3)B4c3ccccc3)c2)cc1-c1cccc2c1OC(C)(C)c1ccccc1N(c1ccccc1)B2c1ccccc1.[2H]C([2H])([2H])c1ccc(-c2c(C(C)(C)C)ccc3c2Oc2ccccc2C(C)(C)C3(C)C)cc1-c1cc(-n2c3ccccc3n3c4ccccc4nc23)ccc1C([2H])([2H])[2H]. The summed E-state index contributed by atoms with van der Waals surface area (Å²) in [6.45, 7) is 32.9. The van der Waals surface area contributed by atoms with Crippen LogP contribution in [0.1, 0.15) is 176 Å². The van der Waals surface area contributed by atoms with Gasteiger partial charge in [-0.05, 0) is 230 Å². The molecule has 0 saturated heterocycles. The van der Waals surface area contributed by atoms with Gasteiger partial charge in [-0.1, -0.05) is 441 Å². The van der Waals surface area contributed by atoms with E-state index in [2.05, 4.69) is 453 Å². The van der Waals surface area contributed by atoms with Crippen molar-refractivity contribution >= 4 is 115 Å². The number of aryl methyl sites for hydroxylation is 2. The second-order valence-corrected chi connectivity index (χ2v) is 48.6. The Hall–Kier alpha value is -15.4. The molecule has 0 saturated carbocycles. The van der Waals surface area contributed by atoms with E-state index in [-0.39, 0.29) is 46.5 Å². The van der Waals surface area contributed by atoms with Crippen molar-refractivity contribution < 1.29 is 22.4 Å². The molecule has 0 atom stereocenters. The zero-order valence-electron chi connectivity index (χ0n) is 92.5. The van der Waals surface area contributed by atoms with E-state index in [9.17, 15) is 0 Å². The summed E-state index contributed by atoms with van der Waals surface area (Å²) in [5.41, 5.74) is 24.7. The number of hydrogen-bond acceptors (Lipinski definition) is 6. The standard InChI is InChI=1S/C86H80B2N2O2Si.C49H47N3O/c1-83(2,3)73-57-55-67(59-71(73)69-47-33-51-77-81(69)91-85(7,8)75-49-29-31-53-79(75)89(63-39-21-13-22-40-63)87(77)61-35-17-11-18-36-61)93(65-43-25-15-26-44-65,66-45-27-16-28-46-66)68-56-58-74(84(4,5)6)72(60-68)70-48-34-52-78-82(70)92-86(9,10)76-50-30-32-54-80(76)90(64-41-23-14-24-42-64)88(78)62-37-19-12-20-38-62;1-30-22-24-32(44-37(47(3,4)5)26-27-38-45(44)53-43-21-15-10-16-36(43)48(6,7)49(38,8)9)28-34(30)35-29-33(25-23-31(35)2)51-41-19-13-14-20-42(41)52-40-18-12-11-17-39(40)50-46(51)52/h11-60H,1-10H3;10-29H,1-9H3/i;1D3,2D3. The molecule has 18 aromatic carbocycles. The van der Waals surface area contributed by atoms with E-state index in [4.69, 9.17) is 27.4 Å². The summed E-state index contributed by atoms with van der Waals surface area (Å²) in [6, 6.07) is 152. The number of fused-ring (bicyclic) bond motifs is 11. The summed E-state index contributed by atoms with van der Waals surface area (Å²) in [5, 5.41) is 5.13. The van der Waals surface area contributed by atoms with E-state index in [0.717, 1.165) is 134 Å². The average molecular weight is 1920 g/mol. The molecule has 146 heavy (non-hydrogen) atoms. The third-order valence-corrected chi connectivity index (χ3v) is 36.0. The van der Waals surface area contributed by atoms with Crippen molar-refractivity contribution in [3.63, 3.8) is 0 Å². The maximum Gasteiger partial charge on any atom is 0.331 e. The summed E-state index contributed by atoms with van der Waals surface area (Å²) >= 11 is 0. The van der Waals surface area contributed by atoms with Crippen molar-refractivity contribution in [2.75, 3.05) is 9.62 Å². The number of para-hydroxylation sites is 11. The molecule has 0 N–H and O–H groups in total. The van der Waals surface area contributed by atoms with Gasteiger partial charge in [0.25, 0.3) is 0 Å². The Morgan fingerprint density at radius 2 is 0.719 bits per heavy atom. The Bertz CT molecular complexity index is 8350. The fourth-order valence-electron chi connectivity index (χ4n) is 23.5. The zero-order valence-corrected chi connectivity index (χ0v) is 87.5. The first-order chi connectivity index (χ1) is 72.6. The maximum atomic E-state index is 8.78. The highest BCUT2D eigenvalue weighted by Crippen LogP contribution is 2.58. The van der Waals surface area contributed by atoms with E-state index in [1.165, 1.54) is 42.8 Å². The molecule has 0 spiro atoms. The van der Waals surface area contributed by atoms with Crippen LogP contribution < -0.4 is 66.4 Å². The molecule has 0 fully saturated rings. The molecular formula is C135H127B2N5O3Si. The largest absolute Gasteiger partial charge is 0.483 e. The highest BCUT2D eigenvalue weighted by Gasteiger charge is 2.50. The van der Waals surface area contributed by atoms with Crippen LogP contribution in [0.5, 0.6) is 23.0 Å². The van der Waals surface area contributed by atoms with E-state index in [0.29, 0.717) is 28.3 Å². The van der Waals surface area contributed by atoms with Crippen LogP contribution in [0.2, 0.25) is 0 Å². The molecule has 0 unspecified atom stereocenters. The molecule has 720 valence electrons. The Balaban J connectivity index is 0.000000189. The molecule has 0 bridgehead atoms. The van der Waals surface area contributed by atoms with Gasteiger partial charge in [-0.15, -0.1) is 0 Å². The minimum atomic E-state index is -3.39. The molecule has 23 rings (SSSR count). The zero-order chi connectivity index (χ0) is 106. The van der Waals surface area contributed by atoms with Crippen molar-refractivity contribution in [3.8, 4) is 73.2 Å². The van der Waals surface area contributed by atoms with Crippen molar-refractivity contribution in [1.29, 1.82) is 0 Å². The second kappa shape index (κ2) is 36.7. The fraction of sp³-hybridized carbons (Fsp3) is 0.193. The number of benzene rings is 18. The third-order valence-electron chi connectivity index (χ3n) is 31.3. The van der Waals surface area contributed by atoms with Crippen LogP contribution in [0.3, 0.4) is 0 Å². The van der Waals surface area contributed by atoms with Gasteiger partial charge in [-0.25, -0.2) is 4.98 Å². The summed E-state index contributed by atoms with van der Waals surface area (Å²) in [7, 11) is -3.39. The molecule has 20 aromatic rings. The van der Waals surface area contributed by atoms with Crippen molar-refractivity contribution in [2.45, 2.75) is 170 Å². The molecule has 0 radical (unpaired) electrons. The average Bonchev–Trinajstić information content (AvgIpc) is 1.20. The number of aromatic nitrogens is 3. The first kappa shape index (κ1) is 88.3. The molecular weight excluding hydrogens is 1790 g/mol. The van der Waals surface area contributed by atoms with Crippen LogP contribution in [-0.4, -0.2) is 35.7 Å². The van der Waals surface area contributed by atoms with Gasteiger partial charge < -0.3 is 23.8 Å². The quantitative estimate of drug-likeness (QED) is 0.0847. The van der Waals surface area contributed by atoms with E-state index in [1.54, 1.807) is 18.2 Å². The van der Waals surface area contributed by atoms with Crippen LogP contribution >= 0.6 is 0 Å². The van der Waals surface area contributed by atoms with Crippen molar-refractivity contribution in [2.24, 2.45) is 0 Å². The first-order valence-corrected chi connectivity index (χ1v) is 53.3. The summed E-state index contributed by atoms with van der Waals surface area (Å²) in [5.74, 6) is 3.90. The van der Waals surface area contributed by atoms with Gasteiger partial charge in [0.05, 0.1) is 22.1 Å². The van der Waals surface area contributed by atoms with Gasteiger partial charge in [-0.3, -0.25) is 8.97 Å². The molecule has 3 aliphatic rings. The predicted octanol–water partition coefficient (Wildman–Crippen LogP) is 29.2. The fourth-order valence-corrected chi connectivity index (χ4v) is 28.3. The molecule has 0 aliphatic carbocycles. The van der Waals surface area contributed by atoms with Gasteiger partial charge in [0.1, 0.15) is 34.2 Å². The molecule has 8 nitrogen and oxygen atoms in total. The Labute approximate surface area is 872 Å². The van der Waals surface area contributed by atoms with Crippen molar-refractivity contribution in [1.82, 2.24) is 14.0 Å². The van der Waals surface area contributed by atoms with Gasteiger partial charge >= 0.3 is 13.7 Å². The highest BCUT2D eigenvalue weighted by molar-refractivity contribution is 7.20. The highest BCUT2D eigenvalue weighted by atomic mass is 28.3. The normalized spacial score (nSPS) is 15.4. The molecule has 3 aliphatic heterocycles. The minimum absolute atomic E-state index is 0.0564. The summed E-state index contributed by atoms with van der Waals surface area (Å²) < 4.78 is 79.5. The van der Waals surface area contributed by atoms with E-state index >= 15 is 0 Å². The van der Waals surface area contributed by atoms with Crippen LogP contribution in [0.25, 0.3) is 78.0 Å². The Morgan fingerprint density at radius 3 is 1.21 bits per heavy atom. The number of anilines is 4. The summed E-state index contributed by atoms with van der Waals surface area (Å²) in [6.07, 6.45) is 0. The molecule has 5 heterocycles. The minimum Gasteiger partial charge on any atom is -0.483 e. The smallest absolute Gasteiger partial charge is 0.331 e. The van der Waals surface area contributed by atoms with E-state index < -0.39 is 38.4 Å². The Kier molecular flexibility index (Phi) is 22.2. The molecule has 2 aromatic heterocycles. The maximum absolute atomic E-state index is 8.78. The monoisotopic (exact) mass is 1920 g/mol. The number of nitrogens with zero attached hydrogens (tertiary/aromatic N) is 5. The third kappa shape index (κ3) is 16.4. The first-order valence-electron chi connectivity index (χ1n) is 54.3. The lowest BCUT2D eigenvalue weighted by molar-refractivity contribution is 0.111. The lowest BCUT2D eigenvalue weighted by atomic mass is 9.47. The van der Waals surface area contributed by atoms with Crippen LogP contribution in [0.4, 0.5) is 22.7 Å². The number of hydrogen-bond donors (Lipinski definition) is 0. The van der Waals surface area contributed by atoms with Gasteiger partial charge in [-0.2, -0.15) is 0 Å². The topological polar surface area (TPSA) is 56.4 Å². The Morgan fingerprint density at radius 1 is 0.308 bits per heavy atom. The number of imidazole rings is 2. The van der Waals surface area contributed by atoms with Crippen molar-refractivity contribution in [3.05, 3.63) is 475 Å². The summed E-state index contributed by atoms with van der Waals surface area (Å²) in [4.78, 5) is 10.1. The van der Waals surface area contributed by atoms with Gasteiger partial charge in [0.2, 0.25) is 5.78 Å². The van der Waals surface area contributed by atoms with Crippen LogP contribution in [-0.2, 0) is 38.3 Å². The van der Waals surface area contributed by atoms with Gasteiger partial charge in [0, 0.05) is 86.4 Å². The second-order valence-electron chi connectivity index (χ2n) is 44.8. The number of rotatable bonds is 13. The molecule has 11 heteroatoms. The predicted molar refractivity (Wildman–Crippen MR) is 620 cm³/mol. The van der Waals surface area contributed by atoms with Crippen LogP contribution in [0.15, 0.2) is 425 Å².